The monoisotopic (exact) mass is 569 g/mol. The Hall–Kier alpha value is -2.05. The van der Waals surface area contributed by atoms with E-state index >= 15 is 0 Å². The van der Waals surface area contributed by atoms with E-state index in [1.165, 1.54) is 11.6 Å². The maximum atomic E-state index is 14.7. The van der Waals surface area contributed by atoms with E-state index in [4.69, 9.17) is 11.6 Å². The van der Waals surface area contributed by atoms with E-state index in [9.17, 15) is 19.4 Å². The van der Waals surface area contributed by atoms with Gasteiger partial charge in [-0.2, -0.15) is 0 Å². The number of benzene rings is 2. The largest absolute Gasteiger partial charge is 0.393 e. The van der Waals surface area contributed by atoms with Crippen molar-refractivity contribution >= 4 is 17.4 Å². The Morgan fingerprint density at radius 2 is 1.98 bits per heavy atom. The second-order valence-corrected chi connectivity index (χ2v) is 12.9. The number of rotatable bonds is 7. The summed E-state index contributed by atoms with van der Waals surface area (Å²) in [6.07, 6.45) is 7.52. The number of aliphatic hydroxyl groups is 2. The van der Waals surface area contributed by atoms with Crippen LogP contribution in [0.3, 0.4) is 0 Å². The lowest BCUT2D eigenvalue weighted by Crippen LogP contribution is -2.51. The van der Waals surface area contributed by atoms with Crippen molar-refractivity contribution in [2.75, 3.05) is 20.1 Å². The van der Waals surface area contributed by atoms with E-state index in [1.807, 2.05) is 18.2 Å². The second-order valence-electron chi connectivity index (χ2n) is 12.5. The number of carbonyl (C=O) groups is 1. The van der Waals surface area contributed by atoms with Crippen LogP contribution in [0.15, 0.2) is 48.0 Å². The Morgan fingerprint density at radius 1 is 1.20 bits per heavy atom. The topological polar surface area (TPSA) is 60.8 Å². The van der Waals surface area contributed by atoms with Gasteiger partial charge in [0.2, 0.25) is 0 Å². The van der Waals surface area contributed by atoms with Gasteiger partial charge in [-0.25, -0.2) is 4.39 Å². The summed E-state index contributed by atoms with van der Waals surface area (Å²) in [4.78, 5) is 16.2. The molecule has 2 N–H and O–H groups in total. The number of hydrogen-bond acceptors (Lipinski definition) is 4. The molecule has 3 aliphatic carbocycles. The van der Waals surface area contributed by atoms with Crippen molar-refractivity contribution in [3.05, 3.63) is 81.1 Å². The number of allylic oxidation sites excluding steroid dienone is 2. The first-order valence-corrected chi connectivity index (χ1v) is 15.2. The average Bonchev–Trinajstić information content (AvgIpc) is 3.14. The SMILES string of the molecule is CCCN(C)CC1(O)CCC2c3ccc(cc3C(=O)Cc3c(F)cccc3Cl)CC(O)CCC(C)=CCCC21C. The third-order valence-corrected chi connectivity index (χ3v) is 9.86. The molecule has 6 heteroatoms. The third kappa shape index (κ3) is 6.54. The zero-order valence-corrected chi connectivity index (χ0v) is 25.2. The fourth-order valence-electron chi connectivity index (χ4n) is 7.11. The normalized spacial score (nSPS) is 27.4. The van der Waals surface area contributed by atoms with Gasteiger partial charge in [-0.1, -0.05) is 55.3 Å². The summed E-state index contributed by atoms with van der Waals surface area (Å²) in [6.45, 7) is 7.94. The van der Waals surface area contributed by atoms with Crippen LogP contribution >= 0.6 is 11.6 Å². The summed E-state index contributed by atoms with van der Waals surface area (Å²) in [5.74, 6) is -0.724. The van der Waals surface area contributed by atoms with E-state index in [0.29, 0.717) is 31.4 Å². The summed E-state index contributed by atoms with van der Waals surface area (Å²) in [7, 11) is 2.07. The van der Waals surface area contributed by atoms with Crippen molar-refractivity contribution < 1.29 is 19.4 Å². The van der Waals surface area contributed by atoms with Crippen LogP contribution in [0.2, 0.25) is 5.02 Å². The van der Waals surface area contributed by atoms with E-state index in [0.717, 1.165) is 49.8 Å². The molecule has 0 heterocycles. The first kappa shape index (κ1) is 30.9. The molecule has 0 saturated heterocycles. The Labute approximate surface area is 244 Å². The second kappa shape index (κ2) is 12.9. The van der Waals surface area contributed by atoms with Crippen LogP contribution in [-0.2, 0) is 12.8 Å². The number of carbonyl (C=O) groups excluding carboxylic acids is 1. The molecule has 0 radical (unpaired) electrons. The smallest absolute Gasteiger partial charge is 0.167 e. The molecule has 4 nitrogen and oxygen atoms in total. The lowest BCUT2D eigenvalue weighted by molar-refractivity contribution is -0.0799. The highest BCUT2D eigenvalue weighted by Crippen LogP contribution is 2.58. The molecule has 1 saturated carbocycles. The zero-order chi connectivity index (χ0) is 29.1. The van der Waals surface area contributed by atoms with Crippen LogP contribution in [0, 0.1) is 11.2 Å². The number of halogens is 2. The zero-order valence-electron chi connectivity index (χ0n) is 24.5. The van der Waals surface area contributed by atoms with Crippen LogP contribution in [0.4, 0.5) is 4.39 Å². The van der Waals surface area contributed by atoms with Gasteiger partial charge in [0.25, 0.3) is 0 Å². The molecular formula is C34H45ClFNO3. The first-order chi connectivity index (χ1) is 19.0. The number of fused-ring (bicyclic) bond motifs is 8. The van der Waals surface area contributed by atoms with Crippen LogP contribution in [0.1, 0.15) is 98.7 Å². The predicted octanol–water partition coefficient (Wildman–Crippen LogP) is 7.28. The molecule has 0 amide bonds. The summed E-state index contributed by atoms with van der Waals surface area (Å²) >= 11 is 6.31. The quantitative estimate of drug-likeness (QED) is 0.272. The molecule has 2 aromatic carbocycles. The van der Waals surface area contributed by atoms with Gasteiger partial charge in [0.05, 0.1) is 11.7 Å². The van der Waals surface area contributed by atoms with Gasteiger partial charge in [-0.3, -0.25) is 4.79 Å². The fraction of sp³-hybridized carbons (Fsp3) is 0.559. The number of likely N-dealkylation sites (N-methyl/N-ethyl adjacent to an activating group) is 1. The van der Waals surface area contributed by atoms with E-state index in [-0.39, 0.29) is 28.7 Å². The number of ketones is 1. The Morgan fingerprint density at radius 3 is 2.70 bits per heavy atom. The highest BCUT2D eigenvalue weighted by molar-refractivity contribution is 6.31. The van der Waals surface area contributed by atoms with Gasteiger partial charge in [-0.05, 0) is 107 Å². The molecule has 40 heavy (non-hydrogen) atoms. The van der Waals surface area contributed by atoms with Gasteiger partial charge >= 0.3 is 0 Å². The maximum Gasteiger partial charge on any atom is 0.167 e. The molecule has 0 spiro atoms. The van der Waals surface area contributed by atoms with E-state index < -0.39 is 22.9 Å². The molecule has 3 aliphatic rings. The third-order valence-electron chi connectivity index (χ3n) is 9.51. The highest BCUT2D eigenvalue weighted by Gasteiger charge is 2.57. The highest BCUT2D eigenvalue weighted by atomic mass is 35.5. The van der Waals surface area contributed by atoms with Crippen molar-refractivity contribution in [3.8, 4) is 0 Å². The van der Waals surface area contributed by atoms with Gasteiger partial charge in [-0.15, -0.1) is 0 Å². The molecule has 0 aliphatic heterocycles. The first-order valence-electron chi connectivity index (χ1n) is 14.8. The molecule has 2 bridgehead atoms. The van der Waals surface area contributed by atoms with E-state index in [2.05, 4.69) is 38.8 Å². The number of Topliss-reactive ketones (excluding diaryl/α,β-unsaturated/α-hetero) is 1. The van der Waals surface area contributed by atoms with Gasteiger partial charge < -0.3 is 15.1 Å². The standard InChI is InChI=1S/C34H45ClFNO3/c1-5-18-37(4)22-34(40)17-15-29-26-14-12-24(19-25(38)13-11-23(2)8-7-16-33(29,34)3)20-27(26)32(39)21-28-30(35)9-6-10-31(28)36/h6,8-10,12,14,20,25,29,38,40H,5,7,11,13,15-19,21-22H2,1-4H3. The average molecular weight is 570 g/mol. The predicted molar refractivity (Wildman–Crippen MR) is 161 cm³/mol. The molecule has 0 aromatic heterocycles. The number of hydrogen-bond donors (Lipinski definition) is 2. The minimum Gasteiger partial charge on any atom is -0.393 e. The van der Waals surface area contributed by atoms with Crippen LogP contribution in [-0.4, -0.2) is 52.7 Å². The van der Waals surface area contributed by atoms with Crippen molar-refractivity contribution in [1.82, 2.24) is 4.90 Å². The molecule has 1 fully saturated rings. The van der Waals surface area contributed by atoms with Crippen molar-refractivity contribution in [2.24, 2.45) is 5.41 Å². The molecule has 2 aromatic rings. The molecular weight excluding hydrogens is 525 g/mol. The van der Waals surface area contributed by atoms with Gasteiger partial charge in [0.1, 0.15) is 5.82 Å². The molecule has 4 atom stereocenters. The number of aliphatic hydroxyl groups excluding tert-OH is 1. The van der Waals surface area contributed by atoms with Crippen LogP contribution in [0.25, 0.3) is 0 Å². The van der Waals surface area contributed by atoms with Crippen LogP contribution < -0.4 is 0 Å². The van der Waals surface area contributed by atoms with E-state index in [1.54, 1.807) is 12.1 Å². The molecule has 218 valence electrons. The van der Waals surface area contributed by atoms with Gasteiger partial charge in [0.15, 0.2) is 5.78 Å². The van der Waals surface area contributed by atoms with Crippen molar-refractivity contribution in [1.29, 1.82) is 0 Å². The Bertz CT molecular complexity index is 1230. The Balaban J connectivity index is 1.81. The summed E-state index contributed by atoms with van der Waals surface area (Å²) in [5.41, 5.74) is 2.42. The molecule has 5 rings (SSSR count). The number of nitrogens with zero attached hydrogens (tertiary/aromatic N) is 1. The lowest BCUT2D eigenvalue weighted by atomic mass is 9.64. The summed E-state index contributed by atoms with van der Waals surface area (Å²) in [6, 6.07) is 10.4. The maximum absolute atomic E-state index is 14.7. The van der Waals surface area contributed by atoms with Crippen LogP contribution in [0.5, 0.6) is 0 Å². The summed E-state index contributed by atoms with van der Waals surface area (Å²) in [5, 5.41) is 23.3. The van der Waals surface area contributed by atoms with Gasteiger partial charge in [0, 0.05) is 34.5 Å². The minimum atomic E-state index is -0.912. The lowest BCUT2D eigenvalue weighted by Gasteiger charge is -2.45. The molecule has 4 unspecified atom stereocenters. The Kier molecular flexibility index (Phi) is 9.93. The summed E-state index contributed by atoms with van der Waals surface area (Å²) < 4.78 is 14.7. The fourth-order valence-corrected chi connectivity index (χ4v) is 7.34. The minimum absolute atomic E-state index is 0.0433. The van der Waals surface area contributed by atoms with Crippen molar-refractivity contribution in [2.45, 2.75) is 96.2 Å². The van der Waals surface area contributed by atoms with Crippen molar-refractivity contribution in [3.63, 3.8) is 0 Å².